The summed E-state index contributed by atoms with van der Waals surface area (Å²) >= 11 is 0. The molecule has 0 unspecified atom stereocenters. The molecule has 2 aliphatic rings. The molecule has 2 fully saturated rings. The number of fused-ring (bicyclic) bond motifs is 1. The number of amides is 1. The minimum Gasteiger partial charge on any atom is -0.481 e. The van der Waals surface area contributed by atoms with Gasteiger partial charge in [-0.3, -0.25) is 14.7 Å². The van der Waals surface area contributed by atoms with E-state index < -0.39 is 11.4 Å². The monoisotopic (exact) mass is 326 g/mol. The fourth-order valence-electron chi connectivity index (χ4n) is 4.09. The summed E-state index contributed by atoms with van der Waals surface area (Å²) in [6.45, 7) is 0.852. The first-order chi connectivity index (χ1) is 11.6. The Morgan fingerprint density at radius 3 is 2.71 bits per heavy atom. The molecule has 0 spiro atoms. The Kier molecular flexibility index (Phi) is 3.37. The lowest BCUT2D eigenvalue weighted by Crippen LogP contribution is -2.37. The van der Waals surface area contributed by atoms with Crippen LogP contribution in [0.15, 0.2) is 30.6 Å². The number of carbonyl (C=O) groups is 2. The van der Waals surface area contributed by atoms with E-state index in [1.165, 1.54) is 6.33 Å². The van der Waals surface area contributed by atoms with E-state index in [4.69, 9.17) is 0 Å². The maximum Gasteiger partial charge on any atom is 0.311 e. The van der Waals surface area contributed by atoms with Crippen molar-refractivity contribution in [1.29, 1.82) is 0 Å². The normalized spacial score (nSPS) is 25.7. The Hall–Kier alpha value is -2.70. The van der Waals surface area contributed by atoms with Crippen LogP contribution in [0.2, 0.25) is 0 Å². The highest BCUT2D eigenvalue weighted by Gasteiger charge is 2.55. The van der Waals surface area contributed by atoms with Gasteiger partial charge in [0.25, 0.3) is 5.91 Å². The number of benzene rings is 1. The summed E-state index contributed by atoms with van der Waals surface area (Å²) < 4.78 is 0. The van der Waals surface area contributed by atoms with Gasteiger partial charge in [-0.15, -0.1) is 0 Å². The number of nitrogens with zero attached hydrogens (tertiary/aromatic N) is 3. The number of carboxylic acids is 1. The van der Waals surface area contributed by atoms with Crippen LogP contribution in [-0.2, 0) is 4.79 Å². The first kappa shape index (κ1) is 14.9. The van der Waals surface area contributed by atoms with Gasteiger partial charge in [0.2, 0.25) is 0 Å². The van der Waals surface area contributed by atoms with Crippen molar-refractivity contribution >= 4 is 11.9 Å². The molecule has 2 atom stereocenters. The predicted octanol–water partition coefficient (Wildman–Crippen LogP) is 1.80. The largest absolute Gasteiger partial charge is 0.481 e. The fourth-order valence-corrected chi connectivity index (χ4v) is 4.09. The molecule has 2 N–H and O–H groups in total. The van der Waals surface area contributed by atoms with Crippen molar-refractivity contribution in [1.82, 2.24) is 20.1 Å². The third kappa shape index (κ3) is 2.19. The number of nitrogens with one attached hydrogen (secondary N) is 1. The van der Waals surface area contributed by atoms with Gasteiger partial charge in [-0.1, -0.05) is 18.6 Å². The topological polar surface area (TPSA) is 99.2 Å². The maximum absolute atomic E-state index is 12.7. The van der Waals surface area contributed by atoms with Crippen LogP contribution in [-0.4, -0.2) is 50.2 Å². The molecule has 1 aromatic heterocycles. The highest BCUT2D eigenvalue weighted by molar-refractivity contribution is 5.95. The van der Waals surface area contributed by atoms with Crippen LogP contribution in [0.3, 0.4) is 0 Å². The zero-order valence-electron chi connectivity index (χ0n) is 13.1. The molecule has 1 saturated carbocycles. The van der Waals surface area contributed by atoms with E-state index in [2.05, 4.69) is 15.2 Å². The van der Waals surface area contributed by atoms with Crippen LogP contribution in [0.4, 0.5) is 0 Å². The third-order valence-corrected chi connectivity index (χ3v) is 5.40. The second-order valence-electron chi connectivity index (χ2n) is 6.65. The van der Waals surface area contributed by atoms with Crippen LogP contribution in [0.1, 0.15) is 29.6 Å². The van der Waals surface area contributed by atoms with Gasteiger partial charge in [0.05, 0.1) is 5.41 Å². The van der Waals surface area contributed by atoms with E-state index in [9.17, 15) is 14.7 Å². The second-order valence-corrected chi connectivity index (χ2v) is 6.65. The Balaban J connectivity index is 1.53. The maximum atomic E-state index is 12.7. The van der Waals surface area contributed by atoms with Crippen molar-refractivity contribution in [2.75, 3.05) is 13.1 Å². The number of hydrogen-bond donors (Lipinski definition) is 2. The van der Waals surface area contributed by atoms with Gasteiger partial charge >= 0.3 is 5.97 Å². The molecule has 4 rings (SSSR count). The van der Waals surface area contributed by atoms with Gasteiger partial charge in [0.1, 0.15) is 6.33 Å². The Morgan fingerprint density at radius 1 is 1.29 bits per heavy atom. The summed E-state index contributed by atoms with van der Waals surface area (Å²) in [7, 11) is 0. The molecule has 1 aliphatic heterocycles. The minimum atomic E-state index is -0.763. The van der Waals surface area contributed by atoms with Crippen LogP contribution >= 0.6 is 0 Å². The summed E-state index contributed by atoms with van der Waals surface area (Å²) in [5.41, 5.74) is 0.679. The van der Waals surface area contributed by atoms with Crippen LogP contribution in [0.5, 0.6) is 0 Å². The zero-order chi connectivity index (χ0) is 16.7. The van der Waals surface area contributed by atoms with Gasteiger partial charge < -0.3 is 10.0 Å². The van der Waals surface area contributed by atoms with Crippen LogP contribution in [0.25, 0.3) is 11.4 Å². The van der Waals surface area contributed by atoms with Crippen molar-refractivity contribution in [2.45, 2.75) is 19.3 Å². The molecule has 1 aromatic carbocycles. The highest BCUT2D eigenvalue weighted by atomic mass is 16.4. The molecule has 1 saturated heterocycles. The quantitative estimate of drug-likeness (QED) is 0.896. The number of carbonyl (C=O) groups excluding carboxylic acids is 1. The van der Waals surface area contributed by atoms with E-state index in [0.29, 0.717) is 30.9 Å². The molecular weight excluding hydrogens is 308 g/mol. The minimum absolute atomic E-state index is 0.0763. The smallest absolute Gasteiger partial charge is 0.311 e. The van der Waals surface area contributed by atoms with Gasteiger partial charge in [-0.25, -0.2) is 4.98 Å². The van der Waals surface area contributed by atoms with Crippen molar-refractivity contribution in [2.24, 2.45) is 11.3 Å². The third-order valence-electron chi connectivity index (χ3n) is 5.40. The van der Waals surface area contributed by atoms with Crippen molar-refractivity contribution in [3.63, 3.8) is 0 Å². The average molecular weight is 326 g/mol. The molecule has 2 aromatic rings. The number of hydrogen-bond acceptors (Lipinski definition) is 4. The molecule has 0 bridgehead atoms. The lowest BCUT2D eigenvalue weighted by Gasteiger charge is -2.23. The second kappa shape index (κ2) is 5.43. The van der Waals surface area contributed by atoms with Crippen molar-refractivity contribution < 1.29 is 14.7 Å². The lowest BCUT2D eigenvalue weighted by atomic mass is 9.81. The molecule has 1 amide bonds. The number of H-pyrrole nitrogens is 1. The lowest BCUT2D eigenvalue weighted by molar-refractivity contribution is -0.149. The number of aliphatic carboxylic acids is 1. The molecular formula is C17H18N4O3. The molecule has 7 nitrogen and oxygen atoms in total. The first-order valence-corrected chi connectivity index (χ1v) is 8.09. The van der Waals surface area contributed by atoms with Gasteiger partial charge in [0, 0.05) is 24.2 Å². The SMILES string of the molecule is O=C(c1ccc(-c2ncn[nH]2)cc1)N1C[C@@H]2CCC[C@@]2(C(=O)O)C1. The Bertz CT molecular complexity index is 772. The summed E-state index contributed by atoms with van der Waals surface area (Å²) in [6, 6.07) is 7.14. The number of likely N-dealkylation sites (tertiary alicyclic amines) is 1. The number of aromatic nitrogens is 3. The predicted molar refractivity (Wildman–Crippen MR) is 85.1 cm³/mol. The number of aromatic amines is 1. The van der Waals surface area contributed by atoms with Gasteiger partial charge in [-0.05, 0) is 30.9 Å². The molecule has 24 heavy (non-hydrogen) atoms. The van der Waals surface area contributed by atoms with E-state index in [0.717, 1.165) is 18.4 Å². The van der Waals surface area contributed by atoms with Gasteiger partial charge in [-0.2, -0.15) is 5.10 Å². The van der Waals surface area contributed by atoms with E-state index in [1.807, 2.05) is 12.1 Å². The Morgan fingerprint density at radius 2 is 2.08 bits per heavy atom. The van der Waals surface area contributed by atoms with Gasteiger partial charge in [0.15, 0.2) is 5.82 Å². The van der Waals surface area contributed by atoms with Crippen molar-refractivity contribution in [3.8, 4) is 11.4 Å². The molecule has 2 heterocycles. The average Bonchev–Trinajstić information content (AvgIpc) is 3.29. The molecule has 0 radical (unpaired) electrons. The number of rotatable bonds is 3. The summed E-state index contributed by atoms with van der Waals surface area (Å²) in [6.07, 6.45) is 3.93. The Labute approximate surface area is 138 Å². The summed E-state index contributed by atoms with van der Waals surface area (Å²) in [4.78, 5) is 30.2. The standard InChI is InChI=1S/C17H18N4O3/c22-15(12-5-3-11(4-6-12)14-18-10-19-20-14)21-8-13-2-1-7-17(13,9-21)16(23)24/h3-6,10,13H,1-2,7-9H2,(H,23,24)(H,18,19,20)/t13-,17+/m0/s1. The number of carboxylic acid groups (broad SMARTS) is 1. The zero-order valence-corrected chi connectivity index (χ0v) is 13.1. The molecule has 124 valence electrons. The van der Waals surface area contributed by atoms with E-state index >= 15 is 0 Å². The van der Waals surface area contributed by atoms with E-state index in [-0.39, 0.29) is 11.8 Å². The summed E-state index contributed by atoms with van der Waals surface area (Å²) in [5.74, 6) is -0.142. The first-order valence-electron chi connectivity index (χ1n) is 8.09. The highest BCUT2D eigenvalue weighted by Crippen LogP contribution is 2.49. The fraction of sp³-hybridized carbons (Fsp3) is 0.412. The molecule has 7 heteroatoms. The van der Waals surface area contributed by atoms with E-state index in [1.54, 1.807) is 17.0 Å². The van der Waals surface area contributed by atoms with Crippen LogP contribution < -0.4 is 0 Å². The van der Waals surface area contributed by atoms with Crippen LogP contribution in [0, 0.1) is 11.3 Å². The van der Waals surface area contributed by atoms with Crippen molar-refractivity contribution in [3.05, 3.63) is 36.2 Å². The summed E-state index contributed by atoms with van der Waals surface area (Å²) in [5, 5.41) is 16.2. The molecule has 1 aliphatic carbocycles.